The number of carbonyl (C=O) groups is 1. The van der Waals surface area contributed by atoms with Gasteiger partial charge in [-0.3, -0.25) is 4.79 Å². The number of carbonyl (C=O) groups excluding carboxylic acids is 1. The lowest BCUT2D eigenvalue weighted by Gasteiger charge is -2.31. The van der Waals surface area contributed by atoms with Gasteiger partial charge in [-0.1, -0.05) is 73.2 Å². The van der Waals surface area contributed by atoms with E-state index in [-0.39, 0.29) is 18.4 Å². The summed E-state index contributed by atoms with van der Waals surface area (Å²) in [4.78, 5) is 15.0. The fourth-order valence-electron chi connectivity index (χ4n) is 3.89. The number of halogens is 3. The molecule has 2 nitrogen and oxygen atoms in total. The molecule has 3 rings (SSSR count). The first-order valence-electron chi connectivity index (χ1n) is 10.8. The Kier molecular flexibility index (Phi) is 7.39. The SMILES string of the molecule is CCCN(C(=O)Cc1ccc(C(F)(F)F)cc1)C(C)c1ccccc1-c1ccc(C)cc1. The maximum atomic E-state index is 13.2. The van der Waals surface area contributed by atoms with E-state index in [1.807, 2.05) is 43.9 Å². The summed E-state index contributed by atoms with van der Waals surface area (Å²) in [6.07, 6.45) is -3.53. The van der Waals surface area contributed by atoms with Crippen LogP contribution in [0.25, 0.3) is 11.1 Å². The molecule has 0 aliphatic rings. The molecule has 0 heterocycles. The first kappa shape index (κ1) is 23.6. The van der Waals surface area contributed by atoms with Gasteiger partial charge in [-0.05, 0) is 54.7 Å². The van der Waals surface area contributed by atoms with E-state index in [1.54, 1.807) is 0 Å². The van der Waals surface area contributed by atoms with Crippen molar-refractivity contribution < 1.29 is 18.0 Å². The number of hydrogen-bond acceptors (Lipinski definition) is 1. The van der Waals surface area contributed by atoms with Crippen LogP contribution < -0.4 is 0 Å². The lowest BCUT2D eigenvalue weighted by Crippen LogP contribution is -2.35. The highest BCUT2D eigenvalue weighted by Gasteiger charge is 2.30. The monoisotopic (exact) mass is 439 g/mol. The Morgan fingerprint density at radius 1 is 0.938 bits per heavy atom. The van der Waals surface area contributed by atoms with Gasteiger partial charge in [0, 0.05) is 6.54 Å². The zero-order valence-electron chi connectivity index (χ0n) is 18.6. The van der Waals surface area contributed by atoms with Gasteiger partial charge < -0.3 is 4.90 Å². The van der Waals surface area contributed by atoms with Gasteiger partial charge in [-0.2, -0.15) is 13.2 Å². The van der Waals surface area contributed by atoms with Gasteiger partial charge in [-0.25, -0.2) is 0 Å². The van der Waals surface area contributed by atoms with Crippen LogP contribution in [0.15, 0.2) is 72.8 Å². The van der Waals surface area contributed by atoms with E-state index in [9.17, 15) is 18.0 Å². The fourth-order valence-corrected chi connectivity index (χ4v) is 3.89. The third-order valence-corrected chi connectivity index (χ3v) is 5.66. The van der Waals surface area contributed by atoms with E-state index in [1.165, 1.54) is 17.7 Å². The fraction of sp³-hybridized carbons (Fsp3) is 0.296. The third-order valence-electron chi connectivity index (χ3n) is 5.66. The van der Waals surface area contributed by atoms with E-state index in [4.69, 9.17) is 0 Å². The summed E-state index contributed by atoms with van der Waals surface area (Å²) in [5.41, 5.74) is 4.25. The van der Waals surface area contributed by atoms with Crippen LogP contribution in [-0.4, -0.2) is 17.4 Å². The molecule has 0 fully saturated rings. The van der Waals surface area contributed by atoms with Crippen LogP contribution in [0.5, 0.6) is 0 Å². The van der Waals surface area contributed by atoms with Crippen LogP contribution in [0.1, 0.15) is 48.6 Å². The molecule has 0 aliphatic heterocycles. The second-order valence-corrected chi connectivity index (χ2v) is 8.09. The molecular formula is C27H28F3NO. The number of rotatable bonds is 7. The number of aryl methyl sites for hydroxylation is 1. The maximum Gasteiger partial charge on any atom is 0.416 e. The summed E-state index contributed by atoms with van der Waals surface area (Å²) < 4.78 is 38.5. The largest absolute Gasteiger partial charge is 0.416 e. The van der Waals surface area contributed by atoms with Crippen molar-refractivity contribution in [3.63, 3.8) is 0 Å². The average Bonchev–Trinajstić information content (AvgIpc) is 2.77. The van der Waals surface area contributed by atoms with Crippen LogP contribution in [0.3, 0.4) is 0 Å². The highest BCUT2D eigenvalue weighted by molar-refractivity contribution is 5.80. The van der Waals surface area contributed by atoms with Crippen LogP contribution in [-0.2, 0) is 17.4 Å². The topological polar surface area (TPSA) is 20.3 Å². The van der Waals surface area contributed by atoms with Gasteiger partial charge >= 0.3 is 6.18 Å². The van der Waals surface area contributed by atoms with Crippen molar-refractivity contribution in [3.05, 3.63) is 95.1 Å². The highest BCUT2D eigenvalue weighted by atomic mass is 19.4. The molecular weight excluding hydrogens is 411 g/mol. The molecule has 32 heavy (non-hydrogen) atoms. The Bertz CT molecular complexity index is 1040. The second kappa shape index (κ2) is 10.0. The van der Waals surface area contributed by atoms with E-state index in [0.29, 0.717) is 12.1 Å². The summed E-state index contributed by atoms with van der Waals surface area (Å²) >= 11 is 0. The summed E-state index contributed by atoms with van der Waals surface area (Å²) in [5.74, 6) is -0.0992. The van der Waals surface area contributed by atoms with Crippen molar-refractivity contribution in [1.29, 1.82) is 0 Å². The van der Waals surface area contributed by atoms with Crippen molar-refractivity contribution >= 4 is 5.91 Å². The van der Waals surface area contributed by atoms with E-state index < -0.39 is 11.7 Å². The molecule has 3 aromatic rings. The molecule has 1 atom stereocenters. The molecule has 0 spiro atoms. The number of alkyl halides is 3. The van der Waals surface area contributed by atoms with Gasteiger partial charge in [0.1, 0.15) is 0 Å². The minimum atomic E-state index is -4.38. The quantitative estimate of drug-likeness (QED) is 0.380. The van der Waals surface area contributed by atoms with E-state index in [2.05, 4.69) is 30.3 Å². The zero-order valence-corrected chi connectivity index (χ0v) is 18.6. The van der Waals surface area contributed by atoms with Crippen molar-refractivity contribution in [2.45, 2.75) is 45.8 Å². The summed E-state index contributed by atoms with van der Waals surface area (Å²) in [6, 6.07) is 21.0. The van der Waals surface area contributed by atoms with Crippen LogP contribution >= 0.6 is 0 Å². The molecule has 0 aromatic heterocycles. The molecule has 0 saturated carbocycles. The van der Waals surface area contributed by atoms with E-state index >= 15 is 0 Å². The first-order chi connectivity index (χ1) is 15.2. The minimum Gasteiger partial charge on any atom is -0.336 e. The Morgan fingerprint density at radius 2 is 1.56 bits per heavy atom. The molecule has 168 valence electrons. The normalized spacial score (nSPS) is 12.4. The summed E-state index contributed by atoms with van der Waals surface area (Å²) in [5, 5.41) is 0. The third kappa shape index (κ3) is 5.58. The Labute approximate surface area is 187 Å². The van der Waals surface area contributed by atoms with Gasteiger partial charge in [0.15, 0.2) is 0 Å². The average molecular weight is 440 g/mol. The zero-order chi connectivity index (χ0) is 23.3. The molecule has 0 radical (unpaired) electrons. The Hall–Kier alpha value is -3.08. The van der Waals surface area contributed by atoms with Crippen molar-refractivity contribution in [3.8, 4) is 11.1 Å². The Morgan fingerprint density at radius 3 is 2.16 bits per heavy atom. The number of hydrogen-bond donors (Lipinski definition) is 0. The molecule has 0 N–H and O–H groups in total. The molecule has 0 bridgehead atoms. The minimum absolute atomic E-state index is 0.0647. The first-order valence-corrected chi connectivity index (χ1v) is 10.8. The lowest BCUT2D eigenvalue weighted by atomic mass is 9.94. The predicted molar refractivity (Wildman–Crippen MR) is 122 cm³/mol. The molecule has 3 aromatic carbocycles. The van der Waals surface area contributed by atoms with Crippen molar-refractivity contribution in [2.24, 2.45) is 0 Å². The van der Waals surface area contributed by atoms with Crippen molar-refractivity contribution in [1.82, 2.24) is 4.90 Å². The van der Waals surface area contributed by atoms with Gasteiger partial charge in [0.05, 0.1) is 18.0 Å². The molecule has 5 heteroatoms. The number of amides is 1. The molecule has 1 unspecified atom stereocenters. The second-order valence-electron chi connectivity index (χ2n) is 8.09. The Balaban J connectivity index is 1.85. The summed E-state index contributed by atoms with van der Waals surface area (Å²) in [6.45, 7) is 6.63. The van der Waals surface area contributed by atoms with Crippen molar-refractivity contribution in [2.75, 3.05) is 6.54 Å². The predicted octanol–water partition coefficient (Wildman–Crippen LogP) is 7.22. The van der Waals surface area contributed by atoms with Crippen LogP contribution in [0, 0.1) is 6.92 Å². The molecule has 0 saturated heterocycles. The van der Waals surface area contributed by atoms with Crippen LogP contribution in [0.2, 0.25) is 0 Å². The van der Waals surface area contributed by atoms with E-state index in [0.717, 1.165) is 35.2 Å². The number of benzene rings is 3. The molecule has 1 amide bonds. The molecule has 0 aliphatic carbocycles. The standard InChI is InChI=1S/C27H28F3NO/c1-4-17-31(26(32)18-21-11-15-23(16-12-21)27(28,29)30)20(3)24-7-5-6-8-25(24)22-13-9-19(2)10-14-22/h5-16,20H,4,17-18H2,1-3H3. The number of nitrogens with zero attached hydrogens (tertiary/aromatic N) is 1. The van der Waals surface area contributed by atoms with Gasteiger partial charge in [0.25, 0.3) is 0 Å². The lowest BCUT2D eigenvalue weighted by molar-refractivity contribution is -0.137. The summed E-state index contributed by atoms with van der Waals surface area (Å²) in [7, 11) is 0. The highest BCUT2D eigenvalue weighted by Crippen LogP contribution is 2.32. The van der Waals surface area contributed by atoms with Crippen LogP contribution in [0.4, 0.5) is 13.2 Å². The van der Waals surface area contributed by atoms with Gasteiger partial charge in [-0.15, -0.1) is 0 Å². The van der Waals surface area contributed by atoms with Gasteiger partial charge in [0.2, 0.25) is 5.91 Å². The maximum absolute atomic E-state index is 13.2. The smallest absolute Gasteiger partial charge is 0.336 e.